The highest BCUT2D eigenvalue weighted by Gasteiger charge is 2.29. The van der Waals surface area contributed by atoms with E-state index in [1.165, 1.54) is 49.9 Å². The predicted molar refractivity (Wildman–Crippen MR) is 119 cm³/mol. The van der Waals surface area contributed by atoms with Crippen molar-refractivity contribution in [1.82, 2.24) is 14.8 Å². The molecule has 2 amide bonds. The van der Waals surface area contributed by atoms with E-state index >= 15 is 0 Å². The number of halogens is 1. The number of rotatable bonds is 4. The molecule has 2 fully saturated rings. The van der Waals surface area contributed by atoms with Crippen molar-refractivity contribution in [3.05, 3.63) is 58.7 Å². The van der Waals surface area contributed by atoms with Crippen LogP contribution >= 0.6 is 0 Å². The first-order chi connectivity index (χ1) is 15.0. The summed E-state index contributed by atoms with van der Waals surface area (Å²) in [7, 11) is 0. The van der Waals surface area contributed by atoms with Gasteiger partial charge in [-0.05, 0) is 57.7 Å². The summed E-state index contributed by atoms with van der Waals surface area (Å²) in [5, 5.41) is 2.92. The summed E-state index contributed by atoms with van der Waals surface area (Å²) in [6.45, 7) is 5.35. The van der Waals surface area contributed by atoms with E-state index in [2.05, 4.69) is 23.7 Å². The van der Waals surface area contributed by atoms with Crippen molar-refractivity contribution in [2.24, 2.45) is 0 Å². The summed E-state index contributed by atoms with van der Waals surface area (Å²) < 4.78 is 16.2. The van der Waals surface area contributed by atoms with E-state index in [1.54, 1.807) is 12.1 Å². The number of nitrogens with one attached hydrogen (secondary N) is 1. The highest BCUT2D eigenvalue weighted by Crippen LogP contribution is 2.32. The van der Waals surface area contributed by atoms with Crippen LogP contribution in [0.1, 0.15) is 83.1 Å². The quantitative estimate of drug-likeness (QED) is 0.766. The third kappa shape index (κ3) is 4.53. The number of piperidine rings is 1. The van der Waals surface area contributed by atoms with Crippen LogP contribution in [0.5, 0.6) is 0 Å². The molecule has 0 spiro atoms. The van der Waals surface area contributed by atoms with Crippen LogP contribution in [0.3, 0.4) is 0 Å². The highest BCUT2D eigenvalue weighted by molar-refractivity contribution is 5.96. The maximum atomic E-state index is 13.8. The molecule has 6 heteroatoms. The standard InChI is InChI=1S/C25H32FN3O2/c1-17-16-22(18(2)29(17)20-8-4-3-5-9-20)25(31)28-14-12-19(13-15-28)27-24(30)21-10-6-7-11-23(21)26/h6-7,10-11,16,19-20H,3-5,8-9,12-15H2,1-2H3,(H,27,30). The van der Waals surface area contributed by atoms with E-state index in [0.29, 0.717) is 32.0 Å². The van der Waals surface area contributed by atoms with Crippen molar-refractivity contribution in [3.8, 4) is 0 Å². The molecule has 1 aromatic carbocycles. The third-order valence-corrected chi connectivity index (χ3v) is 6.89. The first kappa shape index (κ1) is 21.6. The maximum absolute atomic E-state index is 13.8. The SMILES string of the molecule is Cc1cc(C(=O)N2CCC(NC(=O)c3ccccc3F)CC2)c(C)n1C1CCCCC1. The number of amides is 2. The van der Waals surface area contributed by atoms with Gasteiger partial charge in [0.1, 0.15) is 5.82 Å². The number of hydrogen-bond donors (Lipinski definition) is 1. The Morgan fingerprint density at radius 3 is 2.32 bits per heavy atom. The maximum Gasteiger partial charge on any atom is 0.255 e. The summed E-state index contributed by atoms with van der Waals surface area (Å²) in [4.78, 5) is 27.5. The summed E-state index contributed by atoms with van der Waals surface area (Å²) in [5.41, 5.74) is 3.11. The molecule has 166 valence electrons. The Bertz CT molecular complexity index is 954. The van der Waals surface area contributed by atoms with Crippen LogP contribution in [-0.4, -0.2) is 40.4 Å². The van der Waals surface area contributed by atoms with E-state index in [4.69, 9.17) is 0 Å². The lowest BCUT2D eigenvalue weighted by Gasteiger charge is -2.32. The van der Waals surface area contributed by atoms with Crippen LogP contribution < -0.4 is 5.32 Å². The normalized spacial score (nSPS) is 18.2. The lowest BCUT2D eigenvalue weighted by molar-refractivity contribution is 0.0697. The van der Waals surface area contributed by atoms with Crippen molar-refractivity contribution in [2.75, 3.05) is 13.1 Å². The van der Waals surface area contributed by atoms with Crippen LogP contribution in [0, 0.1) is 19.7 Å². The zero-order valence-corrected chi connectivity index (χ0v) is 18.5. The van der Waals surface area contributed by atoms with Crippen molar-refractivity contribution in [3.63, 3.8) is 0 Å². The van der Waals surface area contributed by atoms with Crippen LogP contribution in [-0.2, 0) is 0 Å². The van der Waals surface area contributed by atoms with Gasteiger partial charge >= 0.3 is 0 Å². The van der Waals surface area contributed by atoms with Crippen LogP contribution in [0.15, 0.2) is 30.3 Å². The molecule has 1 aromatic heterocycles. The molecule has 2 heterocycles. The van der Waals surface area contributed by atoms with Crippen molar-refractivity contribution >= 4 is 11.8 Å². The lowest BCUT2D eigenvalue weighted by atomic mass is 9.95. The van der Waals surface area contributed by atoms with Gasteiger partial charge in [0.15, 0.2) is 0 Å². The van der Waals surface area contributed by atoms with E-state index in [1.807, 2.05) is 11.0 Å². The largest absolute Gasteiger partial charge is 0.349 e. The van der Waals surface area contributed by atoms with Gasteiger partial charge in [0.25, 0.3) is 11.8 Å². The molecule has 2 aliphatic rings. The van der Waals surface area contributed by atoms with E-state index in [-0.39, 0.29) is 23.4 Å². The lowest BCUT2D eigenvalue weighted by Crippen LogP contribution is -2.46. The van der Waals surface area contributed by atoms with Gasteiger partial charge in [0.2, 0.25) is 0 Å². The van der Waals surface area contributed by atoms with E-state index in [0.717, 1.165) is 11.3 Å². The van der Waals surface area contributed by atoms with Gasteiger partial charge < -0.3 is 14.8 Å². The molecule has 0 atom stereocenters. The van der Waals surface area contributed by atoms with Crippen LogP contribution in [0.2, 0.25) is 0 Å². The summed E-state index contributed by atoms with van der Waals surface area (Å²) in [6, 6.07) is 8.51. The molecule has 0 radical (unpaired) electrons. The molecule has 1 aliphatic carbocycles. The summed E-state index contributed by atoms with van der Waals surface area (Å²) >= 11 is 0. The molecule has 1 aliphatic heterocycles. The monoisotopic (exact) mass is 425 g/mol. The van der Waals surface area contributed by atoms with Gasteiger partial charge in [0.05, 0.1) is 11.1 Å². The van der Waals surface area contributed by atoms with E-state index < -0.39 is 5.82 Å². The van der Waals surface area contributed by atoms with Gasteiger partial charge in [-0.25, -0.2) is 4.39 Å². The van der Waals surface area contributed by atoms with E-state index in [9.17, 15) is 14.0 Å². The first-order valence-corrected chi connectivity index (χ1v) is 11.5. The molecule has 31 heavy (non-hydrogen) atoms. The Morgan fingerprint density at radius 2 is 1.65 bits per heavy atom. The number of aromatic nitrogens is 1. The first-order valence-electron chi connectivity index (χ1n) is 11.5. The average Bonchev–Trinajstić information content (AvgIpc) is 3.08. The van der Waals surface area contributed by atoms with Crippen LogP contribution in [0.25, 0.3) is 0 Å². The molecule has 0 bridgehead atoms. The Morgan fingerprint density at radius 1 is 0.968 bits per heavy atom. The Labute approximate surface area is 183 Å². The number of carbonyl (C=O) groups excluding carboxylic acids is 2. The molecule has 1 saturated heterocycles. The number of nitrogens with zero attached hydrogens (tertiary/aromatic N) is 2. The van der Waals surface area contributed by atoms with Gasteiger partial charge in [-0.2, -0.15) is 0 Å². The van der Waals surface area contributed by atoms with Gasteiger partial charge in [-0.15, -0.1) is 0 Å². The smallest absolute Gasteiger partial charge is 0.255 e. The molecule has 2 aromatic rings. The zero-order chi connectivity index (χ0) is 22.0. The number of hydrogen-bond acceptors (Lipinski definition) is 2. The van der Waals surface area contributed by atoms with Gasteiger partial charge in [-0.3, -0.25) is 9.59 Å². The fourth-order valence-corrected chi connectivity index (χ4v) is 5.20. The van der Waals surface area contributed by atoms with Gasteiger partial charge in [0, 0.05) is 36.6 Å². The Kier molecular flexibility index (Phi) is 6.44. The second-order valence-corrected chi connectivity index (χ2v) is 8.97. The summed E-state index contributed by atoms with van der Waals surface area (Å²) in [5.74, 6) is -0.825. The second kappa shape index (κ2) is 9.25. The Hall–Kier alpha value is -2.63. The number of aryl methyl sites for hydroxylation is 1. The van der Waals surface area contributed by atoms with Crippen molar-refractivity contribution in [2.45, 2.75) is 70.9 Å². The van der Waals surface area contributed by atoms with Crippen LogP contribution in [0.4, 0.5) is 4.39 Å². The zero-order valence-electron chi connectivity index (χ0n) is 18.5. The van der Waals surface area contributed by atoms with Crippen molar-refractivity contribution in [1.29, 1.82) is 0 Å². The Balaban J connectivity index is 1.37. The molecule has 4 rings (SSSR count). The predicted octanol–water partition coefficient (Wildman–Crippen LogP) is 4.78. The molecule has 1 N–H and O–H groups in total. The topological polar surface area (TPSA) is 54.3 Å². The fourth-order valence-electron chi connectivity index (χ4n) is 5.20. The molecule has 1 saturated carbocycles. The molecule has 5 nitrogen and oxygen atoms in total. The number of benzene rings is 1. The summed E-state index contributed by atoms with van der Waals surface area (Å²) in [6.07, 6.45) is 7.56. The van der Waals surface area contributed by atoms with Gasteiger partial charge in [-0.1, -0.05) is 31.4 Å². The number of carbonyl (C=O) groups is 2. The number of likely N-dealkylation sites (tertiary alicyclic amines) is 1. The molecule has 0 unspecified atom stereocenters. The minimum absolute atomic E-state index is 0.0502. The highest BCUT2D eigenvalue weighted by atomic mass is 19.1. The average molecular weight is 426 g/mol. The minimum Gasteiger partial charge on any atom is -0.349 e. The minimum atomic E-state index is -0.513. The molecular weight excluding hydrogens is 393 g/mol. The second-order valence-electron chi connectivity index (χ2n) is 8.97. The molecular formula is C25H32FN3O2. The van der Waals surface area contributed by atoms with Crippen molar-refractivity contribution < 1.29 is 14.0 Å². The third-order valence-electron chi connectivity index (χ3n) is 6.89. The fraction of sp³-hybridized carbons (Fsp3) is 0.520.